The van der Waals surface area contributed by atoms with Crippen LogP contribution >= 0.6 is 11.6 Å². The van der Waals surface area contributed by atoms with Crippen LogP contribution in [0.3, 0.4) is 0 Å². The van der Waals surface area contributed by atoms with Gasteiger partial charge in [0.15, 0.2) is 0 Å². The molecule has 0 radical (unpaired) electrons. The first-order valence-electron chi connectivity index (χ1n) is 14.2. The Morgan fingerprint density at radius 3 is 2.51 bits per heavy atom. The maximum absolute atomic E-state index is 13.2. The number of carbonyl (C=O) groups is 2. The van der Waals surface area contributed by atoms with E-state index in [9.17, 15) is 9.59 Å². The normalized spacial score (nSPS) is 14.6. The highest BCUT2D eigenvalue weighted by Gasteiger charge is 2.32. The molecule has 2 amide bonds. The van der Waals surface area contributed by atoms with E-state index >= 15 is 0 Å². The van der Waals surface area contributed by atoms with Crippen LogP contribution in [0.4, 0.5) is 10.6 Å². The fraction of sp³-hybridized carbons (Fsp3) is 0.375. The summed E-state index contributed by atoms with van der Waals surface area (Å²) in [6.07, 6.45) is 7.18. The first kappa shape index (κ1) is 30.2. The van der Waals surface area contributed by atoms with Crippen LogP contribution in [0.1, 0.15) is 64.4 Å². The van der Waals surface area contributed by atoms with E-state index in [0.717, 1.165) is 46.6 Å². The van der Waals surface area contributed by atoms with Crippen molar-refractivity contribution in [1.29, 1.82) is 0 Å². The van der Waals surface area contributed by atoms with Gasteiger partial charge in [-0.15, -0.1) is 0 Å². The molecule has 4 aromatic heterocycles. The van der Waals surface area contributed by atoms with Gasteiger partial charge in [0, 0.05) is 47.5 Å². The molecule has 1 unspecified atom stereocenters. The number of hydrogen-bond acceptors (Lipinski definition) is 7. The first-order chi connectivity index (χ1) is 20.3. The summed E-state index contributed by atoms with van der Waals surface area (Å²) in [4.78, 5) is 38.4. The van der Waals surface area contributed by atoms with E-state index in [1.54, 1.807) is 24.7 Å². The Morgan fingerprint density at radius 2 is 1.84 bits per heavy atom. The van der Waals surface area contributed by atoms with Crippen molar-refractivity contribution in [2.75, 3.05) is 5.32 Å². The van der Waals surface area contributed by atoms with Gasteiger partial charge >= 0.3 is 6.09 Å². The lowest BCUT2D eigenvalue weighted by Gasteiger charge is -2.19. The third kappa shape index (κ3) is 7.19. The molecule has 4 aromatic rings. The lowest BCUT2D eigenvalue weighted by atomic mass is 9.89. The maximum Gasteiger partial charge on any atom is 0.407 e. The van der Waals surface area contributed by atoms with Gasteiger partial charge < -0.3 is 15.4 Å². The van der Waals surface area contributed by atoms with Crippen molar-refractivity contribution in [2.24, 2.45) is 5.41 Å². The molecule has 1 aliphatic rings. The summed E-state index contributed by atoms with van der Waals surface area (Å²) < 4.78 is 7.28. The average molecular weight is 602 g/mol. The monoisotopic (exact) mass is 601 g/mol. The Morgan fingerprint density at radius 1 is 1.05 bits per heavy atom. The van der Waals surface area contributed by atoms with Crippen LogP contribution in [-0.4, -0.2) is 42.3 Å². The zero-order chi connectivity index (χ0) is 30.9. The number of carbonyl (C=O) groups excluding carboxylic acids is 2. The van der Waals surface area contributed by atoms with Gasteiger partial charge in [-0.3, -0.25) is 19.4 Å². The summed E-state index contributed by atoms with van der Waals surface area (Å²) in [5, 5.41) is 10.7. The average Bonchev–Trinajstić information content (AvgIpc) is 3.47. The van der Waals surface area contributed by atoms with Gasteiger partial charge in [0.25, 0.3) is 0 Å². The van der Waals surface area contributed by atoms with Crippen molar-refractivity contribution in [3.63, 3.8) is 0 Å². The second-order valence-corrected chi connectivity index (χ2v) is 13.0. The van der Waals surface area contributed by atoms with Gasteiger partial charge in [-0.05, 0) is 69.4 Å². The number of nitrogens with one attached hydrogen (secondary N) is 2. The molecule has 10 nitrogen and oxygen atoms in total. The molecule has 11 heteroatoms. The van der Waals surface area contributed by atoms with Crippen LogP contribution in [0.2, 0.25) is 5.02 Å². The predicted octanol–water partition coefficient (Wildman–Crippen LogP) is 6.40. The van der Waals surface area contributed by atoms with Crippen LogP contribution in [0, 0.1) is 5.41 Å². The minimum atomic E-state index is -0.563. The lowest BCUT2D eigenvalue weighted by molar-refractivity contribution is -0.117. The fourth-order valence-electron chi connectivity index (χ4n) is 4.96. The summed E-state index contributed by atoms with van der Waals surface area (Å²) in [6, 6.07) is 9.25. The van der Waals surface area contributed by atoms with Crippen LogP contribution < -0.4 is 10.6 Å². The summed E-state index contributed by atoms with van der Waals surface area (Å²) >= 11 is 6.53. The molecule has 5 heterocycles. The van der Waals surface area contributed by atoms with Crippen molar-refractivity contribution in [3.8, 4) is 22.4 Å². The number of anilines is 1. The number of fused-ring (bicyclic) bond motifs is 1. The van der Waals surface area contributed by atoms with Gasteiger partial charge in [0.2, 0.25) is 5.91 Å². The molecule has 2 N–H and O–H groups in total. The van der Waals surface area contributed by atoms with E-state index in [1.807, 2.05) is 62.8 Å². The number of halogens is 1. The number of rotatable bonds is 7. The number of amides is 2. The summed E-state index contributed by atoms with van der Waals surface area (Å²) in [5.74, 6) is -0.256. The van der Waals surface area contributed by atoms with Crippen LogP contribution in [0.15, 0.2) is 55.1 Å². The number of pyridine rings is 3. The highest BCUT2D eigenvalue weighted by atomic mass is 35.5. The Kier molecular flexibility index (Phi) is 8.25. The van der Waals surface area contributed by atoms with E-state index in [2.05, 4.69) is 44.5 Å². The van der Waals surface area contributed by atoms with E-state index < -0.39 is 17.6 Å². The molecular weight excluding hydrogens is 566 g/mol. The van der Waals surface area contributed by atoms with Gasteiger partial charge in [-0.25, -0.2) is 9.78 Å². The zero-order valence-corrected chi connectivity index (χ0v) is 26.0. The van der Waals surface area contributed by atoms with Gasteiger partial charge in [0.05, 0.1) is 35.1 Å². The highest BCUT2D eigenvalue weighted by molar-refractivity contribution is 6.33. The van der Waals surface area contributed by atoms with E-state index in [1.165, 1.54) is 0 Å². The number of alkyl carbamates (subject to hydrolysis) is 1. The van der Waals surface area contributed by atoms with Crippen molar-refractivity contribution in [3.05, 3.63) is 77.1 Å². The van der Waals surface area contributed by atoms with Crippen molar-refractivity contribution >= 4 is 29.4 Å². The van der Waals surface area contributed by atoms with E-state index in [4.69, 9.17) is 16.3 Å². The molecule has 0 bridgehead atoms. The highest BCUT2D eigenvalue weighted by Crippen LogP contribution is 2.39. The Hall–Kier alpha value is -4.31. The second kappa shape index (κ2) is 11.8. The molecule has 0 fully saturated rings. The number of aromatic nitrogens is 5. The topological polar surface area (TPSA) is 124 Å². The van der Waals surface area contributed by atoms with E-state index in [-0.39, 0.29) is 17.9 Å². The Labute approximate surface area is 256 Å². The minimum absolute atomic E-state index is 0.134. The van der Waals surface area contributed by atoms with Crippen molar-refractivity contribution in [1.82, 2.24) is 30.0 Å². The number of hydrogen-bond donors (Lipinski definition) is 2. The molecule has 1 aliphatic heterocycles. The minimum Gasteiger partial charge on any atom is -0.444 e. The molecule has 0 aliphatic carbocycles. The summed E-state index contributed by atoms with van der Waals surface area (Å²) in [7, 11) is 0. The summed E-state index contributed by atoms with van der Waals surface area (Å²) in [5.41, 5.74) is 5.45. The fourth-order valence-corrected chi connectivity index (χ4v) is 5.17. The van der Waals surface area contributed by atoms with E-state index in [0.29, 0.717) is 16.5 Å². The Balaban J connectivity index is 1.21. The number of ether oxygens (including phenoxy) is 1. The molecule has 0 spiro atoms. The molecule has 0 saturated heterocycles. The zero-order valence-electron chi connectivity index (χ0n) is 25.2. The van der Waals surface area contributed by atoms with Crippen molar-refractivity contribution < 1.29 is 14.3 Å². The predicted molar refractivity (Wildman–Crippen MR) is 166 cm³/mol. The van der Waals surface area contributed by atoms with Crippen LogP contribution in [0.5, 0.6) is 0 Å². The van der Waals surface area contributed by atoms with Crippen LogP contribution in [0.25, 0.3) is 22.4 Å². The molecule has 5 rings (SSSR count). The number of nitrogens with zero attached hydrogens (tertiary/aromatic N) is 5. The SMILES string of the molecule is CC(C(=O)Nc1cc(-c2cnn3c2CC(C)(C)C3)c(Cl)cn1)c1ccc(-c2ccc(CNC(=O)OC(C)(C)C)nc2)nc1. The molecule has 0 saturated carbocycles. The van der Waals surface area contributed by atoms with Gasteiger partial charge in [-0.2, -0.15) is 5.10 Å². The van der Waals surface area contributed by atoms with Crippen LogP contribution in [-0.2, 0) is 29.0 Å². The maximum atomic E-state index is 13.2. The van der Waals surface area contributed by atoms with Gasteiger partial charge in [-0.1, -0.05) is 31.5 Å². The Bertz CT molecular complexity index is 1640. The second-order valence-electron chi connectivity index (χ2n) is 12.6. The third-order valence-corrected chi connectivity index (χ3v) is 7.48. The largest absolute Gasteiger partial charge is 0.444 e. The smallest absolute Gasteiger partial charge is 0.407 e. The molecule has 1 atom stereocenters. The summed E-state index contributed by atoms with van der Waals surface area (Å²) in [6.45, 7) is 12.8. The third-order valence-electron chi connectivity index (χ3n) is 7.18. The standard InChI is InChI=1S/C32H36ClN7O3/c1-19(20-8-10-26(35-13-20)21-7-9-22(34-14-21)15-37-30(42)43-31(2,3)4)29(41)39-28-11-23(25(33)17-36-28)24-16-38-40-18-32(5,6)12-27(24)40/h7-11,13-14,16-17,19H,12,15,18H2,1-6H3,(H,37,42)(H,36,39,41). The van der Waals surface area contributed by atoms with Gasteiger partial charge in [0.1, 0.15) is 11.4 Å². The molecule has 43 heavy (non-hydrogen) atoms. The lowest BCUT2D eigenvalue weighted by Crippen LogP contribution is -2.32. The molecule has 0 aromatic carbocycles. The molecular formula is C32H36ClN7O3. The quantitative estimate of drug-likeness (QED) is 0.251. The molecule has 224 valence electrons. The van der Waals surface area contributed by atoms with Crippen molar-refractivity contribution in [2.45, 2.75) is 72.6 Å². The first-order valence-corrected chi connectivity index (χ1v) is 14.6.